The lowest BCUT2D eigenvalue weighted by molar-refractivity contribution is -0.128. The number of nitrogens with two attached hydrogens (primary N) is 1. The van der Waals surface area contributed by atoms with Gasteiger partial charge in [0.15, 0.2) is 0 Å². The van der Waals surface area contributed by atoms with Crippen molar-refractivity contribution in [3.8, 4) is 0 Å². The molecule has 3 nitrogen and oxygen atoms in total. The van der Waals surface area contributed by atoms with Crippen molar-refractivity contribution in [2.24, 2.45) is 17.6 Å². The summed E-state index contributed by atoms with van der Waals surface area (Å²) in [6.45, 7) is 2.65. The number of amides is 1. The summed E-state index contributed by atoms with van der Waals surface area (Å²) < 4.78 is 0. The highest BCUT2D eigenvalue weighted by Crippen LogP contribution is 2.40. The molecule has 2 aliphatic rings. The second-order valence-electron chi connectivity index (χ2n) is 7.34. The van der Waals surface area contributed by atoms with Crippen LogP contribution >= 0.6 is 12.4 Å². The lowest BCUT2D eigenvalue weighted by Gasteiger charge is -2.34. The molecule has 0 bridgehead atoms. The van der Waals surface area contributed by atoms with Crippen LogP contribution in [0.3, 0.4) is 0 Å². The molecule has 128 valence electrons. The van der Waals surface area contributed by atoms with Crippen molar-refractivity contribution in [2.75, 3.05) is 6.54 Å². The first-order valence-electron chi connectivity index (χ1n) is 8.69. The molecule has 2 aliphatic carbocycles. The lowest BCUT2D eigenvalue weighted by Crippen LogP contribution is -2.54. The zero-order valence-electron chi connectivity index (χ0n) is 14.0. The van der Waals surface area contributed by atoms with E-state index in [1.54, 1.807) is 0 Å². The standard InChI is InChI=1S/C19H28N2O.ClH/c1-19(13-20,17-11-12-17)21-18(22)16-9-7-15(8-10-16)14-5-3-2-4-6-14;/h2-6,15-17H,7-13,20H2,1H3,(H,21,22);1H. The number of benzene rings is 1. The van der Waals surface area contributed by atoms with Gasteiger partial charge in [0.05, 0.1) is 5.54 Å². The first-order valence-corrected chi connectivity index (χ1v) is 8.69. The minimum Gasteiger partial charge on any atom is -0.349 e. The smallest absolute Gasteiger partial charge is 0.223 e. The number of hydrogen-bond donors (Lipinski definition) is 2. The highest BCUT2D eigenvalue weighted by molar-refractivity contribution is 5.85. The molecule has 0 heterocycles. The molecule has 1 aromatic rings. The molecule has 2 fully saturated rings. The van der Waals surface area contributed by atoms with Gasteiger partial charge in [0.1, 0.15) is 0 Å². The monoisotopic (exact) mass is 336 g/mol. The van der Waals surface area contributed by atoms with Crippen LogP contribution in [0.4, 0.5) is 0 Å². The third-order valence-electron chi connectivity index (χ3n) is 5.68. The molecule has 1 atom stereocenters. The molecule has 4 heteroatoms. The van der Waals surface area contributed by atoms with Crippen LogP contribution < -0.4 is 11.1 Å². The second-order valence-corrected chi connectivity index (χ2v) is 7.34. The van der Waals surface area contributed by atoms with Crippen LogP contribution in [0.2, 0.25) is 0 Å². The average molecular weight is 337 g/mol. The molecule has 3 rings (SSSR count). The Morgan fingerprint density at radius 2 is 1.74 bits per heavy atom. The van der Waals surface area contributed by atoms with E-state index in [-0.39, 0.29) is 29.8 Å². The summed E-state index contributed by atoms with van der Waals surface area (Å²) in [4.78, 5) is 12.6. The predicted molar refractivity (Wildman–Crippen MR) is 96.7 cm³/mol. The zero-order valence-corrected chi connectivity index (χ0v) is 14.8. The SMILES string of the molecule is CC(CN)(NC(=O)C1CCC(c2ccccc2)CC1)C1CC1.Cl. The molecule has 3 N–H and O–H groups in total. The predicted octanol–water partition coefficient (Wildman–Crippen LogP) is 3.63. The van der Waals surface area contributed by atoms with Crippen molar-refractivity contribution in [1.82, 2.24) is 5.32 Å². The molecule has 23 heavy (non-hydrogen) atoms. The van der Waals surface area contributed by atoms with Crippen LogP contribution in [0.5, 0.6) is 0 Å². The molecule has 1 amide bonds. The van der Waals surface area contributed by atoms with Crippen molar-refractivity contribution in [1.29, 1.82) is 0 Å². The topological polar surface area (TPSA) is 55.1 Å². The van der Waals surface area contributed by atoms with E-state index in [0.29, 0.717) is 18.4 Å². The van der Waals surface area contributed by atoms with Crippen LogP contribution in [-0.4, -0.2) is 18.0 Å². The summed E-state index contributed by atoms with van der Waals surface area (Å²) in [5.74, 6) is 1.60. The molecule has 0 aliphatic heterocycles. The van der Waals surface area contributed by atoms with E-state index in [0.717, 1.165) is 25.7 Å². The fourth-order valence-corrected chi connectivity index (χ4v) is 3.84. The Labute approximate surface area is 145 Å². The third kappa shape index (κ3) is 4.27. The van der Waals surface area contributed by atoms with Crippen molar-refractivity contribution in [3.05, 3.63) is 35.9 Å². The zero-order chi connectivity index (χ0) is 15.6. The van der Waals surface area contributed by atoms with E-state index in [4.69, 9.17) is 5.73 Å². The fourth-order valence-electron chi connectivity index (χ4n) is 3.84. The third-order valence-corrected chi connectivity index (χ3v) is 5.68. The summed E-state index contributed by atoms with van der Waals surface area (Å²) in [6, 6.07) is 10.7. The minimum absolute atomic E-state index is 0. The van der Waals surface area contributed by atoms with Crippen LogP contribution in [-0.2, 0) is 4.79 Å². The van der Waals surface area contributed by atoms with Crippen LogP contribution in [0.25, 0.3) is 0 Å². The van der Waals surface area contributed by atoms with Gasteiger partial charge < -0.3 is 11.1 Å². The number of carbonyl (C=O) groups excluding carboxylic acids is 1. The first kappa shape index (κ1) is 18.3. The molecule has 2 saturated carbocycles. The van der Waals surface area contributed by atoms with Crippen molar-refractivity contribution in [2.45, 2.75) is 56.9 Å². The van der Waals surface area contributed by atoms with E-state index in [1.165, 1.54) is 18.4 Å². The van der Waals surface area contributed by atoms with Gasteiger partial charge >= 0.3 is 0 Å². The van der Waals surface area contributed by atoms with Gasteiger partial charge in [-0.1, -0.05) is 30.3 Å². The molecule has 0 radical (unpaired) electrons. The Kier molecular flexibility index (Phi) is 6.10. The fraction of sp³-hybridized carbons (Fsp3) is 0.632. The van der Waals surface area contributed by atoms with E-state index >= 15 is 0 Å². The maximum Gasteiger partial charge on any atom is 0.223 e. The molecule has 0 aromatic heterocycles. The Morgan fingerprint density at radius 3 is 2.26 bits per heavy atom. The second kappa shape index (κ2) is 7.67. The largest absolute Gasteiger partial charge is 0.349 e. The van der Waals surface area contributed by atoms with Gasteiger partial charge in [0.2, 0.25) is 5.91 Å². The van der Waals surface area contributed by atoms with Gasteiger partial charge in [-0.05, 0) is 62.8 Å². The first-order chi connectivity index (χ1) is 10.6. The molecule has 1 aromatic carbocycles. The Balaban J connectivity index is 0.00000192. The van der Waals surface area contributed by atoms with E-state index in [2.05, 4.69) is 42.6 Å². The summed E-state index contributed by atoms with van der Waals surface area (Å²) >= 11 is 0. The molecular formula is C19H29ClN2O. The maximum atomic E-state index is 12.6. The van der Waals surface area contributed by atoms with Gasteiger partial charge in [-0.25, -0.2) is 0 Å². The number of rotatable bonds is 5. The van der Waals surface area contributed by atoms with E-state index in [1.807, 2.05) is 0 Å². The van der Waals surface area contributed by atoms with Crippen LogP contribution in [0, 0.1) is 11.8 Å². The molecule has 0 spiro atoms. The Hall–Kier alpha value is -1.06. The molecule has 0 saturated heterocycles. The quantitative estimate of drug-likeness (QED) is 0.862. The number of halogens is 1. The summed E-state index contributed by atoms with van der Waals surface area (Å²) in [5, 5.41) is 3.27. The summed E-state index contributed by atoms with van der Waals surface area (Å²) in [5.41, 5.74) is 7.14. The van der Waals surface area contributed by atoms with Crippen LogP contribution in [0.1, 0.15) is 56.9 Å². The summed E-state index contributed by atoms with van der Waals surface area (Å²) in [6.07, 6.45) is 6.63. The molecule has 1 unspecified atom stereocenters. The van der Waals surface area contributed by atoms with E-state index in [9.17, 15) is 4.79 Å². The van der Waals surface area contributed by atoms with Gasteiger partial charge in [-0.2, -0.15) is 0 Å². The van der Waals surface area contributed by atoms with Crippen molar-refractivity contribution < 1.29 is 4.79 Å². The minimum atomic E-state index is -0.187. The highest BCUT2D eigenvalue weighted by atomic mass is 35.5. The van der Waals surface area contributed by atoms with E-state index < -0.39 is 0 Å². The normalized spacial score (nSPS) is 26.7. The number of hydrogen-bond acceptors (Lipinski definition) is 2. The van der Waals surface area contributed by atoms with Crippen LogP contribution in [0.15, 0.2) is 30.3 Å². The molecular weight excluding hydrogens is 308 g/mol. The lowest BCUT2D eigenvalue weighted by atomic mass is 9.78. The van der Waals surface area contributed by atoms with Crippen molar-refractivity contribution >= 4 is 18.3 Å². The number of carbonyl (C=O) groups is 1. The number of nitrogens with one attached hydrogen (secondary N) is 1. The highest BCUT2D eigenvalue weighted by Gasteiger charge is 2.42. The summed E-state index contributed by atoms with van der Waals surface area (Å²) in [7, 11) is 0. The van der Waals surface area contributed by atoms with Gasteiger partial charge in [0, 0.05) is 12.5 Å². The maximum absolute atomic E-state index is 12.6. The Bertz CT molecular complexity index is 509. The Morgan fingerprint density at radius 1 is 1.13 bits per heavy atom. The van der Waals surface area contributed by atoms with Crippen molar-refractivity contribution in [3.63, 3.8) is 0 Å². The average Bonchev–Trinajstić information content (AvgIpc) is 3.41. The van der Waals surface area contributed by atoms with Gasteiger partial charge in [-0.15, -0.1) is 12.4 Å². The van der Waals surface area contributed by atoms with Gasteiger partial charge in [0.25, 0.3) is 0 Å². The van der Waals surface area contributed by atoms with Gasteiger partial charge in [-0.3, -0.25) is 4.79 Å².